The number of benzene rings is 3. The standard InChI is InChI=1S/C25H36N4O9.C24H33N3O8.C17H36N2O7.C13H9FN2O4/c26-6-8-34-10-12-36-14-16-38-17-15-37-13-11-35-9-7-27-19-3-1-2-18-22(19)25(33)29(24(18)32)20-4-5-21(30)28-23(20)31;1-2-9-32-11-13-34-15-16-35-14-12-33-10-8-25-18-5-3-4-17-21(18)24(31)27(23(17)30)19-6-7-20(28)26-22(19)29;1-17(2,3)26-16(20)19-5-7-22-9-11-24-13-15-25-14-12-23-10-8-21-6-4-18;14-7-3-1-2-6-10(7)13(20)16(12(6)19)8-4-5-9(17)15-11(8)18/h1-3,20,27H,4-17,26H2,(H,28,30,31);3-5,19,25H,2,6-16H2,1H3,(H,26,28,29);4-15,18H2,1-3H3,(H,19,20);1-3,8H,4-5H2,(H,15,17,18). The Morgan fingerprint density at radius 3 is 0.933 bits per heavy atom. The van der Waals surface area contributed by atoms with Gasteiger partial charge in [-0.05, 0) is 82.9 Å². The number of ether oxygens (including phenoxy) is 15. The molecule has 0 saturated carbocycles. The van der Waals surface area contributed by atoms with Gasteiger partial charge in [-0.1, -0.05) is 25.1 Å². The smallest absolute Gasteiger partial charge is 0.407 e. The van der Waals surface area contributed by atoms with E-state index in [0.29, 0.717) is 222 Å². The van der Waals surface area contributed by atoms with E-state index in [1.165, 1.54) is 12.1 Å². The van der Waals surface area contributed by atoms with Crippen molar-refractivity contribution < 1.29 is 138 Å². The maximum absolute atomic E-state index is 13.7. The van der Waals surface area contributed by atoms with E-state index in [2.05, 4.69) is 38.8 Å². The van der Waals surface area contributed by atoms with Crippen LogP contribution in [0.15, 0.2) is 54.6 Å². The lowest BCUT2D eigenvalue weighted by molar-refractivity contribution is -0.137. The largest absolute Gasteiger partial charge is 0.444 e. The molecule has 0 aromatic heterocycles. The van der Waals surface area contributed by atoms with Gasteiger partial charge in [-0.3, -0.25) is 88.2 Å². The number of nitrogens with zero attached hydrogens (tertiary/aromatic N) is 3. The number of halogens is 1. The fourth-order valence-electron chi connectivity index (χ4n) is 11.9. The first kappa shape index (κ1) is 98.5. The minimum Gasteiger partial charge on any atom is -0.444 e. The number of amides is 13. The van der Waals surface area contributed by atoms with Gasteiger partial charge in [0.15, 0.2) is 0 Å². The van der Waals surface area contributed by atoms with Gasteiger partial charge in [0.1, 0.15) is 29.5 Å². The second-order valence-electron chi connectivity index (χ2n) is 27.4. The van der Waals surface area contributed by atoms with Crippen LogP contribution in [0.2, 0.25) is 0 Å². The summed E-state index contributed by atoms with van der Waals surface area (Å²) in [7, 11) is 0. The number of carbonyl (C=O) groups is 13. The van der Waals surface area contributed by atoms with Crippen LogP contribution in [0.3, 0.4) is 0 Å². The summed E-state index contributed by atoms with van der Waals surface area (Å²) in [4.78, 5) is 160. The van der Waals surface area contributed by atoms with Crippen molar-refractivity contribution in [3.63, 3.8) is 0 Å². The van der Waals surface area contributed by atoms with Gasteiger partial charge < -0.3 is 98.5 Å². The van der Waals surface area contributed by atoms with Crippen LogP contribution in [-0.2, 0) is 99.8 Å². The number of piperidine rings is 3. The molecule has 0 bridgehead atoms. The summed E-state index contributed by atoms with van der Waals surface area (Å²) >= 11 is 0. The third-order valence-corrected chi connectivity index (χ3v) is 17.4. The molecule has 3 aromatic carbocycles. The zero-order chi connectivity index (χ0) is 86.2. The predicted molar refractivity (Wildman–Crippen MR) is 420 cm³/mol. The van der Waals surface area contributed by atoms with Crippen LogP contribution in [-0.4, -0.2) is 333 Å². The van der Waals surface area contributed by atoms with Crippen molar-refractivity contribution >= 4 is 88.4 Å². The summed E-state index contributed by atoms with van der Waals surface area (Å²) in [5.74, 6) is -7.76. The van der Waals surface area contributed by atoms with Crippen molar-refractivity contribution in [1.82, 2.24) is 36.0 Å². The summed E-state index contributed by atoms with van der Waals surface area (Å²) in [5.41, 5.74) is 11.6. The van der Waals surface area contributed by atoms with Crippen LogP contribution in [0.4, 0.5) is 20.6 Å². The molecule has 3 unspecified atom stereocenters. The molecule has 3 fully saturated rings. The Morgan fingerprint density at radius 1 is 0.378 bits per heavy atom. The first-order chi connectivity index (χ1) is 57.5. The SMILES string of the molecule is CC(C)(C)OC(=O)NCCOCCOCCOCCOCCOCCN.CCCOCCOCCOCCOCCNc1cccc2c1C(=O)N(C1CCC(=O)NC1=O)C2=O.NCCOCCOCCOCCOCCOCCNc1cccc2c1C(=O)N(C1CCC(=O)NC1=O)C2=O.O=C1CCC(N2C(=O)c3cccc(F)c3C2=O)C(=O)N1. The quantitative estimate of drug-likeness (QED) is 0.0292. The highest BCUT2D eigenvalue weighted by Gasteiger charge is 2.49. The molecule has 9 rings (SSSR count). The number of rotatable bonds is 53. The van der Waals surface area contributed by atoms with Crippen LogP contribution < -0.4 is 43.4 Å². The summed E-state index contributed by atoms with van der Waals surface area (Å²) in [6.07, 6.45) is 1.02. The Bertz CT molecular complexity index is 3780. The van der Waals surface area contributed by atoms with E-state index in [1.807, 2.05) is 20.8 Å². The van der Waals surface area contributed by atoms with Crippen molar-refractivity contribution in [2.24, 2.45) is 11.5 Å². The minimum absolute atomic E-state index is 0.0340. The van der Waals surface area contributed by atoms with E-state index in [-0.39, 0.29) is 71.9 Å². The molecule has 13 amide bonds. The zero-order valence-corrected chi connectivity index (χ0v) is 68.0. The Labute approximate surface area is 689 Å². The van der Waals surface area contributed by atoms with Gasteiger partial charge >= 0.3 is 6.09 Å². The van der Waals surface area contributed by atoms with E-state index in [9.17, 15) is 66.7 Å². The van der Waals surface area contributed by atoms with E-state index in [4.69, 9.17) is 82.5 Å². The van der Waals surface area contributed by atoms with Crippen molar-refractivity contribution in [2.45, 2.75) is 96.4 Å². The van der Waals surface area contributed by atoms with Crippen LogP contribution in [0.25, 0.3) is 0 Å². The molecule has 3 aromatic rings. The number of nitrogens with two attached hydrogens (primary N) is 2. The molecule has 10 N–H and O–H groups in total. The third-order valence-electron chi connectivity index (χ3n) is 17.4. The first-order valence-corrected chi connectivity index (χ1v) is 39.7. The lowest BCUT2D eigenvalue weighted by Crippen LogP contribution is -2.54. The molecular weight excluding hydrogens is 1570 g/mol. The predicted octanol–water partition coefficient (Wildman–Crippen LogP) is 1.30. The third kappa shape index (κ3) is 34.0. The lowest BCUT2D eigenvalue weighted by Gasteiger charge is -2.27. The highest BCUT2D eigenvalue weighted by atomic mass is 19.1. The number of hydrogen-bond donors (Lipinski definition) is 8. The molecule has 0 spiro atoms. The number of hydrogen-bond acceptors (Lipinski definition) is 32. The molecule has 3 atom stereocenters. The molecule has 6 aliphatic rings. The Hall–Kier alpha value is -9.34. The highest BCUT2D eigenvalue weighted by Crippen LogP contribution is 2.35. The van der Waals surface area contributed by atoms with Crippen LogP contribution in [0.5, 0.6) is 0 Å². The monoisotopic (exact) mass is 1680 g/mol. The highest BCUT2D eigenvalue weighted by molar-refractivity contribution is 6.27. The summed E-state index contributed by atoms with van der Waals surface area (Å²) < 4.78 is 94.0. The van der Waals surface area contributed by atoms with Gasteiger partial charge in [0, 0.05) is 70.0 Å². The van der Waals surface area contributed by atoms with Crippen molar-refractivity contribution in [3.8, 4) is 0 Å². The second-order valence-corrected chi connectivity index (χ2v) is 27.4. The lowest BCUT2D eigenvalue weighted by atomic mass is 10.0. The average Bonchev–Trinajstić information content (AvgIpc) is 1.63. The van der Waals surface area contributed by atoms with Gasteiger partial charge in [-0.25, -0.2) is 9.18 Å². The molecular formula is C79H114FN11O28. The Kier molecular flexibility index (Phi) is 45.9. The van der Waals surface area contributed by atoms with E-state index >= 15 is 0 Å². The van der Waals surface area contributed by atoms with Gasteiger partial charge in [-0.15, -0.1) is 0 Å². The summed E-state index contributed by atoms with van der Waals surface area (Å²) in [5, 5.41) is 15.3. The van der Waals surface area contributed by atoms with Crippen molar-refractivity contribution in [1.29, 1.82) is 0 Å². The number of alkyl carbamates (subject to hydrolysis) is 1. The van der Waals surface area contributed by atoms with Crippen LogP contribution >= 0.6 is 0 Å². The zero-order valence-electron chi connectivity index (χ0n) is 68.0. The summed E-state index contributed by atoms with van der Waals surface area (Å²) in [6, 6.07) is 10.5. The van der Waals surface area contributed by atoms with Gasteiger partial charge in [0.05, 0.1) is 212 Å². The first-order valence-electron chi connectivity index (χ1n) is 39.7. The number of anilines is 2. The van der Waals surface area contributed by atoms with Crippen molar-refractivity contribution in [3.05, 3.63) is 93.8 Å². The topological polar surface area (TPSA) is 494 Å². The van der Waals surface area contributed by atoms with E-state index in [0.717, 1.165) is 33.8 Å². The summed E-state index contributed by atoms with van der Waals surface area (Å²) in [6.45, 7) is 23.4. The van der Waals surface area contributed by atoms with Crippen molar-refractivity contribution in [2.75, 3.05) is 228 Å². The van der Waals surface area contributed by atoms with E-state index in [1.54, 1.807) is 36.4 Å². The molecule has 0 radical (unpaired) electrons. The normalized spacial score (nSPS) is 16.9. The fourth-order valence-corrected chi connectivity index (χ4v) is 11.9. The molecule has 3 saturated heterocycles. The van der Waals surface area contributed by atoms with Gasteiger partial charge in [0.25, 0.3) is 35.4 Å². The van der Waals surface area contributed by atoms with Crippen LogP contribution in [0.1, 0.15) is 135 Å². The molecule has 0 aliphatic carbocycles. The number of fused-ring (bicyclic) bond motifs is 3. The number of carbonyl (C=O) groups excluding carboxylic acids is 13. The maximum atomic E-state index is 13.7. The Morgan fingerprint density at radius 2 is 0.647 bits per heavy atom. The molecule has 40 heteroatoms. The Balaban J connectivity index is 0.000000252. The minimum atomic E-state index is -1.07. The second kappa shape index (κ2) is 55.5. The number of imide groups is 6. The molecule has 39 nitrogen and oxygen atoms in total. The van der Waals surface area contributed by atoms with Crippen LogP contribution in [0, 0.1) is 5.82 Å². The molecule has 6 heterocycles. The maximum Gasteiger partial charge on any atom is 0.407 e. The number of nitrogens with one attached hydrogen (secondary N) is 6. The van der Waals surface area contributed by atoms with Gasteiger partial charge in [-0.2, -0.15) is 0 Å². The fraction of sp³-hybridized carbons (Fsp3) is 0.608. The van der Waals surface area contributed by atoms with Gasteiger partial charge in [0.2, 0.25) is 35.4 Å². The average molecular weight is 1680 g/mol. The van der Waals surface area contributed by atoms with E-state index < -0.39 is 107 Å². The molecule has 6 aliphatic heterocycles. The molecule has 119 heavy (non-hydrogen) atoms. The molecule has 660 valence electrons.